The van der Waals surface area contributed by atoms with Crippen molar-refractivity contribution in [2.75, 3.05) is 11.6 Å². The van der Waals surface area contributed by atoms with Crippen LogP contribution >= 0.6 is 46.6 Å². The summed E-state index contributed by atoms with van der Waals surface area (Å²) in [6.45, 7) is 3.37. The first kappa shape index (κ1) is 13.7. The van der Waals surface area contributed by atoms with Crippen molar-refractivity contribution < 1.29 is 4.79 Å². The molecule has 0 rings (SSSR count). The van der Waals surface area contributed by atoms with Crippen LogP contribution in [0.15, 0.2) is 0 Å². The van der Waals surface area contributed by atoms with Crippen molar-refractivity contribution in [2.24, 2.45) is 0 Å². The van der Waals surface area contributed by atoms with E-state index in [0.29, 0.717) is 0 Å². The van der Waals surface area contributed by atoms with Crippen LogP contribution < -0.4 is 5.32 Å². The molecule has 0 aliphatic heterocycles. The molecule has 0 saturated heterocycles. The predicted octanol–water partition coefficient (Wildman–Crippen LogP) is 2.61. The van der Waals surface area contributed by atoms with Crippen LogP contribution in [0, 0.1) is 0 Å². The number of rotatable bonds is 5. The third kappa shape index (κ3) is 5.21. The molecule has 1 atom stereocenters. The lowest BCUT2D eigenvalue weighted by Crippen LogP contribution is -2.44. The van der Waals surface area contributed by atoms with Crippen LogP contribution in [-0.4, -0.2) is 27.2 Å². The fourth-order valence-corrected chi connectivity index (χ4v) is 2.33. The molecule has 78 valence electrons. The van der Waals surface area contributed by atoms with Gasteiger partial charge in [0.15, 0.2) is 4.33 Å². The van der Waals surface area contributed by atoms with E-state index in [1.165, 1.54) is 18.7 Å². The topological polar surface area (TPSA) is 29.1 Å². The van der Waals surface area contributed by atoms with Gasteiger partial charge in [-0.1, -0.05) is 30.1 Å². The summed E-state index contributed by atoms with van der Waals surface area (Å²) in [6.07, 6.45) is 0. The van der Waals surface area contributed by atoms with Crippen LogP contribution in [0.25, 0.3) is 0 Å². The van der Waals surface area contributed by atoms with Gasteiger partial charge in [-0.25, -0.2) is 0 Å². The quantitative estimate of drug-likeness (QED) is 0.611. The third-order valence-electron chi connectivity index (χ3n) is 1.23. The molecule has 0 aliphatic rings. The standard InChI is InChI=1S/C7H12Cl3NOS/c1-3-13-6(11-5(2)12)7(9,10)4-8/h6H,3-4H2,1-2H3,(H,11,12). The molecule has 0 heterocycles. The number of carbonyl (C=O) groups is 1. The molecule has 1 amide bonds. The number of thioether (sulfide) groups is 1. The van der Waals surface area contributed by atoms with E-state index < -0.39 is 4.33 Å². The molecule has 1 N–H and O–H groups in total. The lowest BCUT2D eigenvalue weighted by Gasteiger charge is -2.27. The number of hydrogen-bond acceptors (Lipinski definition) is 2. The lowest BCUT2D eigenvalue weighted by atomic mass is 10.4. The van der Waals surface area contributed by atoms with E-state index in [0.717, 1.165) is 5.75 Å². The van der Waals surface area contributed by atoms with Crippen molar-refractivity contribution in [3.63, 3.8) is 0 Å². The molecule has 0 aliphatic carbocycles. The zero-order chi connectivity index (χ0) is 10.5. The highest BCUT2D eigenvalue weighted by Gasteiger charge is 2.34. The fraction of sp³-hybridized carbons (Fsp3) is 0.857. The maximum Gasteiger partial charge on any atom is 0.217 e. The van der Waals surface area contributed by atoms with Gasteiger partial charge >= 0.3 is 0 Å². The molecule has 0 aromatic rings. The third-order valence-corrected chi connectivity index (χ3v) is 4.07. The Morgan fingerprint density at radius 2 is 2.15 bits per heavy atom. The van der Waals surface area contributed by atoms with E-state index >= 15 is 0 Å². The molecule has 0 radical (unpaired) electrons. The predicted molar refractivity (Wildman–Crippen MR) is 60.9 cm³/mol. The summed E-state index contributed by atoms with van der Waals surface area (Å²) in [5.41, 5.74) is 0. The Morgan fingerprint density at radius 1 is 1.62 bits per heavy atom. The van der Waals surface area contributed by atoms with Crippen LogP contribution in [0.4, 0.5) is 0 Å². The summed E-state index contributed by atoms with van der Waals surface area (Å²) in [5.74, 6) is 0.721. The largest absolute Gasteiger partial charge is 0.342 e. The molecule has 0 aromatic heterocycles. The van der Waals surface area contributed by atoms with Crippen molar-refractivity contribution >= 4 is 52.5 Å². The average Bonchev–Trinajstić information content (AvgIpc) is 2.03. The minimum Gasteiger partial charge on any atom is -0.342 e. The minimum atomic E-state index is -1.12. The molecule has 0 fully saturated rings. The first-order valence-corrected chi connectivity index (χ1v) is 6.10. The van der Waals surface area contributed by atoms with Gasteiger partial charge in [0, 0.05) is 6.92 Å². The zero-order valence-electron chi connectivity index (χ0n) is 7.44. The van der Waals surface area contributed by atoms with E-state index in [1.807, 2.05) is 6.92 Å². The summed E-state index contributed by atoms with van der Waals surface area (Å²) in [4.78, 5) is 10.8. The SMILES string of the molecule is CCSC(NC(C)=O)C(Cl)(Cl)CCl. The van der Waals surface area contributed by atoms with E-state index in [4.69, 9.17) is 34.8 Å². The van der Waals surface area contributed by atoms with Crippen LogP contribution in [0.1, 0.15) is 13.8 Å². The van der Waals surface area contributed by atoms with Gasteiger partial charge in [-0.15, -0.1) is 23.4 Å². The summed E-state index contributed by atoms with van der Waals surface area (Å²) in [6, 6.07) is 0. The Kier molecular flexibility index (Phi) is 6.56. The van der Waals surface area contributed by atoms with Crippen molar-refractivity contribution in [1.29, 1.82) is 0 Å². The van der Waals surface area contributed by atoms with Crippen molar-refractivity contribution in [3.05, 3.63) is 0 Å². The van der Waals surface area contributed by atoms with Crippen molar-refractivity contribution in [2.45, 2.75) is 23.6 Å². The van der Waals surface area contributed by atoms with Crippen LogP contribution in [0.5, 0.6) is 0 Å². The van der Waals surface area contributed by atoms with E-state index in [-0.39, 0.29) is 17.2 Å². The zero-order valence-corrected chi connectivity index (χ0v) is 10.5. The van der Waals surface area contributed by atoms with E-state index in [2.05, 4.69) is 5.32 Å². The second kappa shape index (κ2) is 6.23. The Bertz CT molecular complexity index is 177. The molecule has 13 heavy (non-hydrogen) atoms. The Hall–Kier alpha value is 0.690. The Labute approximate surface area is 97.7 Å². The van der Waals surface area contributed by atoms with Gasteiger partial charge < -0.3 is 5.32 Å². The van der Waals surface area contributed by atoms with E-state index in [1.54, 1.807) is 0 Å². The van der Waals surface area contributed by atoms with Gasteiger partial charge in [-0.05, 0) is 5.75 Å². The minimum absolute atomic E-state index is 0.0774. The van der Waals surface area contributed by atoms with Gasteiger partial charge in [-0.2, -0.15) is 0 Å². The Balaban J connectivity index is 4.30. The van der Waals surface area contributed by atoms with Crippen LogP contribution in [-0.2, 0) is 4.79 Å². The van der Waals surface area contributed by atoms with Gasteiger partial charge in [0.05, 0.1) is 5.88 Å². The summed E-state index contributed by atoms with van der Waals surface area (Å²) in [5, 5.41) is 2.28. The first-order valence-electron chi connectivity index (χ1n) is 3.76. The smallest absolute Gasteiger partial charge is 0.217 e. The fourth-order valence-electron chi connectivity index (χ4n) is 0.691. The number of nitrogens with one attached hydrogen (secondary N) is 1. The number of halogens is 3. The molecule has 2 nitrogen and oxygen atoms in total. The number of hydrogen-bond donors (Lipinski definition) is 1. The first-order chi connectivity index (χ1) is 5.94. The molecule has 0 bridgehead atoms. The maximum absolute atomic E-state index is 10.8. The molecule has 0 aromatic carbocycles. The summed E-state index contributed by atoms with van der Waals surface area (Å²) < 4.78 is -1.12. The second-order valence-electron chi connectivity index (χ2n) is 2.43. The number of amides is 1. The molecule has 1 unspecified atom stereocenters. The van der Waals surface area contributed by atoms with Gasteiger partial charge in [0.25, 0.3) is 0 Å². The van der Waals surface area contributed by atoms with E-state index in [9.17, 15) is 4.79 Å². The van der Waals surface area contributed by atoms with Gasteiger partial charge in [-0.3, -0.25) is 4.79 Å². The molecular formula is C7H12Cl3NOS. The Morgan fingerprint density at radius 3 is 2.46 bits per heavy atom. The maximum atomic E-state index is 10.8. The molecular weight excluding hydrogens is 253 g/mol. The number of alkyl halides is 3. The average molecular weight is 265 g/mol. The second-order valence-corrected chi connectivity index (χ2v) is 5.62. The highest BCUT2D eigenvalue weighted by Crippen LogP contribution is 2.33. The normalized spacial score (nSPS) is 13.9. The lowest BCUT2D eigenvalue weighted by molar-refractivity contribution is -0.119. The van der Waals surface area contributed by atoms with Gasteiger partial charge in [0.1, 0.15) is 5.37 Å². The van der Waals surface area contributed by atoms with Crippen LogP contribution in [0.3, 0.4) is 0 Å². The van der Waals surface area contributed by atoms with Gasteiger partial charge in [0.2, 0.25) is 5.91 Å². The molecule has 0 spiro atoms. The monoisotopic (exact) mass is 263 g/mol. The summed E-state index contributed by atoms with van der Waals surface area (Å²) in [7, 11) is 0. The molecule has 6 heteroatoms. The number of carbonyl (C=O) groups excluding carboxylic acids is 1. The summed E-state index contributed by atoms with van der Waals surface area (Å²) >= 11 is 18.8. The van der Waals surface area contributed by atoms with Crippen LogP contribution in [0.2, 0.25) is 0 Å². The van der Waals surface area contributed by atoms with Crippen molar-refractivity contribution in [1.82, 2.24) is 5.32 Å². The van der Waals surface area contributed by atoms with Crippen molar-refractivity contribution in [3.8, 4) is 0 Å². The molecule has 0 saturated carbocycles. The highest BCUT2D eigenvalue weighted by molar-refractivity contribution is 8.00. The highest BCUT2D eigenvalue weighted by atomic mass is 35.5.